The molecule has 1 aliphatic heterocycles. The first-order valence-electron chi connectivity index (χ1n) is 8.40. The number of rotatable bonds is 1. The van der Waals surface area contributed by atoms with Crippen molar-refractivity contribution in [1.82, 2.24) is 9.88 Å². The van der Waals surface area contributed by atoms with Crippen LogP contribution in [0.2, 0.25) is 0 Å². The van der Waals surface area contributed by atoms with Crippen molar-refractivity contribution in [2.45, 2.75) is 25.6 Å². The van der Waals surface area contributed by atoms with Crippen molar-refractivity contribution in [2.24, 2.45) is 0 Å². The van der Waals surface area contributed by atoms with Crippen molar-refractivity contribution in [3.05, 3.63) is 70.9 Å². The molecule has 4 rings (SSSR count). The second-order valence-electron chi connectivity index (χ2n) is 6.51. The lowest BCUT2D eigenvalue weighted by Gasteiger charge is -2.36. The van der Waals surface area contributed by atoms with E-state index in [-0.39, 0.29) is 11.5 Å². The largest absolute Gasteiger partial charge is 0.416 e. The van der Waals surface area contributed by atoms with E-state index in [0.717, 1.165) is 22.5 Å². The summed E-state index contributed by atoms with van der Waals surface area (Å²) in [6.07, 6.45) is -3.87. The second kappa shape index (κ2) is 5.90. The standard InChI is InChI=1S/C20H17F3N2O/c1-12(26)25-11-10-14-13-6-3-5-9-17(13)24-18(14)19(25)15-7-2-4-8-16(15)20(21,22)23/h2-9,19,24H,10-11H2,1H3. The molecular weight excluding hydrogens is 341 g/mol. The minimum absolute atomic E-state index is 0.0997. The van der Waals surface area contributed by atoms with Gasteiger partial charge in [0.15, 0.2) is 0 Å². The average Bonchev–Trinajstić information content (AvgIpc) is 2.98. The molecule has 1 atom stereocenters. The number of benzene rings is 2. The number of hydrogen-bond acceptors (Lipinski definition) is 1. The fourth-order valence-corrected chi connectivity index (χ4v) is 3.90. The van der Waals surface area contributed by atoms with Crippen LogP contribution >= 0.6 is 0 Å². The van der Waals surface area contributed by atoms with E-state index >= 15 is 0 Å². The number of aromatic amines is 1. The van der Waals surface area contributed by atoms with Gasteiger partial charge in [-0.1, -0.05) is 36.4 Å². The van der Waals surface area contributed by atoms with Gasteiger partial charge >= 0.3 is 6.18 Å². The highest BCUT2D eigenvalue weighted by atomic mass is 19.4. The van der Waals surface area contributed by atoms with Crippen molar-refractivity contribution < 1.29 is 18.0 Å². The average molecular weight is 358 g/mol. The molecule has 0 fully saturated rings. The molecule has 1 amide bonds. The van der Waals surface area contributed by atoms with Crippen LogP contribution in [0.5, 0.6) is 0 Å². The van der Waals surface area contributed by atoms with Crippen molar-refractivity contribution in [3.63, 3.8) is 0 Å². The van der Waals surface area contributed by atoms with E-state index in [1.807, 2.05) is 24.3 Å². The maximum atomic E-state index is 13.6. The predicted molar refractivity (Wildman–Crippen MR) is 92.7 cm³/mol. The summed E-state index contributed by atoms with van der Waals surface area (Å²) in [5.74, 6) is -0.240. The Balaban J connectivity index is 1.98. The van der Waals surface area contributed by atoms with E-state index in [4.69, 9.17) is 0 Å². The van der Waals surface area contributed by atoms with Crippen LogP contribution in [0, 0.1) is 0 Å². The van der Waals surface area contributed by atoms with Crippen molar-refractivity contribution in [3.8, 4) is 0 Å². The summed E-state index contributed by atoms with van der Waals surface area (Å²) in [6.45, 7) is 1.79. The Morgan fingerprint density at radius 3 is 2.54 bits per heavy atom. The van der Waals surface area contributed by atoms with Gasteiger partial charge in [0.05, 0.1) is 11.6 Å². The quantitative estimate of drug-likeness (QED) is 0.674. The summed E-state index contributed by atoms with van der Waals surface area (Å²) < 4.78 is 40.8. The van der Waals surface area contributed by atoms with Crippen molar-refractivity contribution in [1.29, 1.82) is 0 Å². The number of amides is 1. The third kappa shape index (κ3) is 2.57. The molecule has 1 N–H and O–H groups in total. The van der Waals surface area contributed by atoms with Crippen LogP contribution in [0.15, 0.2) is 48.5 Å². The lowest BCUT2D eigenvalue weighted by molar-refractivity contribution is -0.140. The van der Waals surface area contributed by atoms with Crippen LogP contribution in [0.3, 0.4) is 0 Å². The topological polar surface area (TPSA) is 36.1 Å². The number of alkyl halides is 3. The van der Waals surface area contributed by atoms with Gasteiger partial charge < -0.3 is 9.88 Å². The van der Waals surface area contributed by atoms with E-state index in [9.17, 15) is 18.0 Å². The number of carbonyl (C=O) groups is 1. The molecule has 0 saturated heterocycles. The van der Waals surface area contributed by atoms with Gasteiger partial charge in [-0.25, -0.2) is 0 Å². The van der Waals surface area contributed by atoms with Crippen LogP contribution in [0.4, 0.5) is 13.2 Å². The molecular formula is C20H17F3N2O. The third-order valence-electron chi connectivity index (χ3n) is 5.00. The Labute approximate surface area is 148 Å². The summed E-state index contributed by atoms with van der Waals surface area (Å²) in [5, 5.41) is 1.00. The number of carbonyl (C=O) groups excluding carboxylic acids is 1. The first-order valence-corrected chi connectivity index (χ1v) is 8.40. The lowest BCUT2D eigenvalue weighted by Crippen LogP contribution is -2.40. The number of para-hydroxylation sites is 1. The minimum Gasteiger partial charge on any atom is -0.356 e. The molecule has 2 heterocycles. The predicted octanol–water partition coefficient (Wildman–Crippen LogP) is 4.68. The highest BCUT2D eigenvalue weighted by Gasteiger charge is 2.40. The molecule has 1 unspecified atom stereocenters. The molecule has 0 bridgehead atoms. The normalized spacial score (nSPS) is 17.4. The number of nitrogens with one attached hydrogen (secondary N) is 1. The van der Waals surface area contributed by atoms with E-state index < -0.39 is 17.8 Å². The number of H-pyrrole nitrogens is 1. The Kier molecular flexibility index (Phi) is 3.79. The van der Waals surface area contributed by atoms with E-state index in [1.54, 1.807) is 6.07 Å². The Morgan fingerprint density at radius 1 is 1.12 bits per heavy atom. The van der Waals surface area contributed by atoms with Gasteiger partial charge in [0.2, 0.25) is 5.91 Å². The molecule has 6 heteroatoms. The molecule has 2 aromatic carbocycles. The zero-order chi connectivity index (χ0) is 18.5. The summed E-state index contributed by atoms with van der Waals surface area (Å²) in [6, 6.07) is 12.4. The molecule has 3 nitrogen and oxygen atoms in total. The van der Waals surface area contributed by atoms with E-state index in [2.05, 4.69) is 4.98 Å². The zero-order valence-electron chi connectivity index (χ0n) is 14.1. The maximum Gasteiger partial charge on any atom is 0.416 e. The summed E-state index contributed by atoms with van der Waals surface area (Å²) in [4.78, 5) is 17.0. The SMILES string of the molecule is CC(=O)N1CCc2c([nH]c3ccccc23)C1c1ccccc1C(F)(F)F. The maximum absolute atomic E-state index is 13.6. The molecule has 26 heavy (non-hydrogen) atoms. The summed E-state index contributed by atoms with van der Waals surface area (Å²) >= 11 is 0. The molecule has 0 saturated carbocycles. The monoisotopic (exact) mass is 358 g/mol. The Morgan fingerprint density at radius 2 is 1.81 bits per heavy atom. The van der Waals surface area contributed by atoms with Gasteiger partial charge in [-0.3, -0.25) is 4.79 Å². The van der Waals surface area contributed by atoms with E-state index in [0.29, 0.717) is 18.7 Å². The smallest absolute Gasteiger partial charge is 0.356 e. The third-order valence-corrected chi connectivity index (χ3v) is 5.00. The molecule has 0 aliphatic carbocycles. The summed E-state index contributed by atoms with van der Waals surface area (Å²) in [5.41, 5.74) is 1.92. The van der Waals surface area contributed by atoms with Gasteiger partial charge in [0.1, 0.15) is 0 Å². The number of aromatic nitrogens is 1. The highest BCUT2D eigenvalue weighted by Crippen LogP contribution is 2.43. The fraction of sp³-hybridized carbons (Fsp3) is 0.250. The first-order chi connectivity index (χ1) is 12.4. The van der Waals surface area contributed by atoms with Crippen LogP contribution in [-0.2, 0) is 17.4 Å². The number of nitrogens with zero attached hydrogens (tertiary/aromatic N) is 1. The fourth-order valence-electron chi connectivity index (χ4n) is 3.90. The molecule has 0 spiro atoms. The van der Waals surface area contributed by atoms with Gasteiger partial charge in [0.25, 0.3) is 0 Å². The second-order valence-corrected chi connectivity index (χ2v) is 6.51. The number of halogens is 3. The number of fused-ring (bicyclic) bond motifs is 3. The van der Waals surface area contributed by atoms with E-state index in [1.165, 1.54) is 24.0 Å². The molecule has 1 aromatic heterocycles. The van der Waals surface area contributed by atoms with Gasteiger partial charge in [-0.15, -0.1) is 0 Å². The van der Waals surface area contributed by atoms with Gasteiger partial charge in [-0.2, -0.15) is 13.2 Å². The highest BCUT2D eigenvalue weighted by molar-refractivity contribution is 5.86. The minimum atomic E-state index is -4.48. The summed E-state index contributed by atoms with van der Waals surface area (Å²) in [7, 11) is 0. The Hall–Kier alpha value is -2.76. The van der Waals surface area contributed by atoms with Crippen LogP contribution in [0.1, 0.15) is 35.3 Å². The molecule has 1 aliphatic rings. The Bertz CT molecular complexity index is 990. The van der Waals surface area contributed by atoms with Crippen molar-refractivity contribution >= 4 is 16.8 Å². The van der Waals surface area contributed by atoms with Gasteiger partial charge in [-0.05, 0) is 29.7 Å². The number of hydrogen-bond donors (Lipinski definition) is 1. The lowest BCUT2D eigenvalue weighted by atomic mass is 9.89. The molecule has 0 radical (unpaired) electrons. The van der Waals surface area contributed by atoms with Gasteiger partial charge in [0, 0.05) is 30.1 Å². The van der Waals surface area contributed by atoms with Crippen molar-refractivity contribution in [2.75, 3.05) is 6.54 Å². The molecule has 134 valence electrons. The van der Waals surface area contributed by atoms with Crippen LogP contribution in [-0.4, -0.2) is 22.3 Å². The van der Waals surface area contributed by atoms with Crippen LogP contribution in [0.25, 0.3) is 10.9 Å². The zero-order valence-corrected chi connectivity index (χ0v) is 14.1. The first kappa shape index (κ1) is 16.7. The molecule has 3 aromatic rings. The van der Waals surface area contributed by atoms with Crippen LogP contribution < -0.4 is 0 Å².